The molecule has 4 N–H and O–H groups in total. The summed E-state index contributed by atoms with van der Waals surface area (Å²) in [5.41, 5.74) is 0.849. The summed E-state index contributed by atoms with van der Waals surface area (Å²) in [6, 6.07) is 6.00. The van der Waals surface area contributed by atoms with Crippen LogP contribution in [0.3, 0.4) is 0 Å². The van der Waals surface area contributed by atoms with Gasteiger partial charge in [0.1, 0.15) is 12.1 Å². The monoisotopic (exact) mass is 365 g/mol. The zero-order valence-corrected chi connectivity index (χ0v) is 16.2. The van der Waals surface area contributed by atoms with Crippen molar-refractivity contribution >= 4 is 5.91 Å². The fraction of sp³-hybridized carbons (Fsp3) is 0.650. The van der Waals surface area contributed by atoms with Crippen LogP contribution in [0.1, 0.15) is 51.5 Å². The Hall–Kier alpha value is -1.79. The molecule has 0 spiro atoms. The number of ether oxygens (including phenoxy) is 2. The molecule has 1 aromatic carbocycles. The van der Waals surface area contributed by atoms with Crippen LogP contribution < -0.4 is 20.1 Å². The van der Waals surface area contributed by atoms with Crippen molar-refractivity contribution in [3.63, 3.8) is 0 Å². The Morgan fingerprint density at radius 2 is 2.00 bits per heavy atom. The van der Waals surface area contributed by atoms with Crippen LogP contribution in [0.25, 0.3) is 0 Å². The van der Waals surface area contributed by atoms with E-state index in [4.69, 9.17) is 9.47 Å². The minimum atomic E-state index is -0.223. The number of nitrogens with two attached hydrogens (primary N) is 1. The van der Waals surface area contributed by atoms with Gasteiger partial charge >= 0.3 is 0 Å². The van der Waals surface area contributed by atoms with Crippen LogP contribution in [0.5, 0.6) is 11.5 Å². The van der Waals surface area contributed by atoms with Crippen molar-refractivity contribution in [1.82, 2.24) is 5.32 Å². The van der Waals surface area contributed by atoms with Crippen molar-refractivity contribution in [3.8, 4) is 11.5 Å². The highest BCUT2D eigenvalue weighted by Crippen LogP contribution is 2.28. The van der Waals surface area contributed by atoms with Crippen LogP contribution in [-0.2, 0) is 11.3 Å². The van der Waals surface area contributed by atoms with E-state index in [0.29, 0.717) is 11.5 Å². The molecule has 1 fully saturated rings. The molecule has 6 nitrogen and oxygen atoms in total. The number of amides is 1. The van der Waals surface area contributed by atoms with E-state index < -0.39 is 0 Å². The van der Waals surface area contributed by atoms with Gasteiger partial charge in [0.2, 0.25) is 0 Å². The van der Waals surface area contributed by atoms with Crippen LogP contribution in [0.2, 0.25) is 0 Å². The van der Waals surface area contributed by atoms with Gasteiger partial charge < -0.3 is 25.2 Å². The van der Waals surface area contributed by atoms with Gasteiger partial charge in [-0.05, 0) is 44.9 Å². The molecule has 0 bridgehead atoms. The van der Waals surface area contributed by atoms with Crippen molar-refractivity contribution in [2.45, 2.75) is 64.1 Å². The molecule has 26 heavy (non-hydrogen) atoms. The van der Waals surface area contributed by atoms with E-state index in [1.165, 1.54) is 19.3 Å². The molecule has 1 aromatic rings. The number of methoxy groups -OCH3 is 1. The third-order valence-electron chi connectivity index (χ3n) is 4.85. The smallest absolute Gasteiger partial charge is 0.258 e. The van der Waals surface area contributed by atoms with Crippen molar-refractivity contribution in [2.75, 3.05) is 20.3 Å². The number of quaternary nitrogens is 1. The van der Waals surface area contributed by atoms with Gasteiger partial charge in [0.05, 0.1) is 13.7 Å². The minimum absolute atomic E-state index is 0.00409. The maximum atomic E-state index is 12.1. The quantitative estimate of drug-likeness (QED) is 0.617. The highest BCUT2D eigenvalue weighted by Gasteiger charge is 2.20. The van der Waals surface area contributed by atoms with Crippen LogP contribution in [0, 0.1) is 0 Å². The predicted octanol–water partition coefficient (Wildman–Crippen LogP) is 1.36. The molecule has 0 radical (unpaired) electrons. The lowest BCUT2D eigenvalue weighted by atomic mass is 9.95. The second-order valence-electron chi connectivity index (χ2n) is 7.73. The number of rotatable bonds is 9. The lowest BCUT2D eigenvalue weighted by Crippen LogP contribution is -2.95. The first-order chi connectivity index (χ1) is 12.4. The van der Waals surface area contributed by atoms with Gasteiger partial charge in [0.15, 0.2) is 18.1 Å². The predicted molar refractivity (Wildman–Crippen MR) is 100 cm³/mol. The zero-order chi connectivity index (χ0) is 19.0. The van der Waals surface area contributed by atoms with Gasteiger partial charge in [-0.2, -0.15) is 0 Å². The van der Waals surface area contributed by atoms with Crippen LogP contribution in [-0.4, -0.2) is 42.9 Å². The van der Waals surface area contributed by atoms with Crippen LogP contribution >= 0.6 is 0 Å². The summed E-state index contributed by atoms with van der Waals surface area (Å²) < 4.78 is 11.1. The number of hydrogen-bond donors (Lipinski definition) is 3. The fourth-order valence-electron chi connectivity index (χ4n) is 3.08. The molecular formula is C20H33N2O4+. The van der Waals surface area contributed by atoms with Crippen molar-refractivity contribution in [2.24, 2.45) is 0 Å². The second kappa shape index (κ2) is 9.78. The van der Waals surface area contributed by atoms with Gasteiger partial charge in [0.25, 0.3) is 5.91 Å². The molecule has 6 heteroatoms. The number of aliphatic hydroxyl groups excluding tert-OH is 1. The van der Waals surface area contributed by atoms with Gasteiger partial charge in [0, 0.05) is 11.6 Å². The lowest BCUT2D eigenvalue weighted by Gasteiger charge is -2.23. The highest BCUT2D eigenvalue weighted by molar-refractivity contribution is 5.78. The molecule has 0 unspecified atom stereocenters. The first-order valence-electron chi connectivity index (χ1n) is 9.48. The van der Waals surface area contributed by atoms with Crippen LogP contribution in [0.4, 0.5) is 0 Å². The first kappa shape index (κ1) is 20.5. The van der Waals surface area contributed by atoms with Crippen molar-refractivity contribution in [3.05, 3.63) is 23.8 Å². The van der Waals surface area contributed by atoms with Crippen molar-refractivity contribution in [1.29, 1.82) is 0 Å². The zero-order valence-electron chi connectivity index (χ0n) is 16.2. The van der Waals surface area contributed by atoms with Gasteiger partial charge in [-0.1, -0.05) is 19.3 Å². The molecule has 0 aliphatic heterocycles. The summed E-state index contributed by atoms with van der Waals surface area (Å²) in [6.45, 7) is 4.82. The van der Waals surface area contributed by atoms with E-state index in [1.54, 1.807) is 7.11 Å². The van der Waals surface area contributed by atoms with E-state index >= 15 is 0 Å². The van der Waals surface area contributed by atoms with Crippen molar-refractivity contribution < 1.29 is 24.7 Å². The average molecular weight is 365 g/mol. The number of benzene rings is 1. The topological polar surface area (TPSA) is 84.4 Å². The maximum Gasteiger partial charge on any atom is 0.258 e. The third kappa shape index (κ3) is 6.50. The second-order valence-corrected chi connectivity index (χ2v) is 7.73. The lowest BCUT2D eigenvalue weighted by molar-refractivity contribution is -0.736. The molecule has 1 amide bonds. The average Bonchev–Trinajstić information content (AvgIpc) is 2.66. The Balaban J connectivity index is 1.87. The summed E-state index contributed by atoms with van der Waals surface area (Å²) >= 11 is 0. The SMILES string of the molecule is COc1cc(C[NH2+]C(C)(C)CO)ccc1OCC(=O)NC1CCCCC1. The van der Waals surface area contributed by atoms with E-state index in [-0.39, 0.29) is 30.7 Å². The van der Waals surface area contributed by atoms with Gasteiger partial charge in [-0.3, -0.25) is 4.79 Å². The van der Waals surface area contributed by atoms with E-state index in [2.05, 4.69) is 10.6 Å². The molecule has 0 atom stereocenters. The molecular weight excluding hydrogens is 332 g/mol. The highest BCUT2D eigenvalue weighted by atomic mass is 16.5. The number of nitrogens with one attached hydrogen (secondary N) is 1. The molecule has 1 aliphatic carbocycles. The Morgan fingerprint density at radius 1 is 1.27 bits per heavy atom. The molecule has 1 aliphatic rings. The molecule has 2 rings (SSSR count). The molecule has 0 aromatic heterocycles. The summed E-state index contributed by atoms with van der Waals surface area (Å²) in [6.07, 6.45) is 5.75. The fourth-order valence-corrected chi connectivity index (χ4v) is 3.08. The summed E-state index contributed by atoms with van der Waals surface area (Å²) in [5.74, 6) is 1.10. The largest absolute Gasteiger partial charge is 0.493 e. The van der Waals surface area contributed by atoms with Gasteiger partial charge in [-0.15, -0.1) is 0 Å². The Labute approximate surface area is 156 Å². The first-order valence-corrected chi connectivity index (χ1v) is 9.48. The Bertz CT molecular complexity index is 583. The summed E-state index contributed by atoms with van der Waals surface area (Å²) in [7, 11) is 1.59. The Morgan fingerprint density at radius 3 is 2.65 bits per heavy atom. The number of carbonyl (C=O) groups is 1. The maximum absolute atomic E-state index is 12.1. The van der Waals surface area contributed by atoms with E-state index in [1.807, 2.05) is 32.0 Å². The number of hydrogen-bond acceptors (Lipinski definition) is 4. The minimum Gasteiger partial charge on any atom is -0.493 e. The normalized spacial score (nSPS) is 15.5. The molecule has 0 saturated heterocycles. The van der Waals surface area contributed by atoms with E-state index in [9.17, 15) is 9.90 Å². The molecule has 0 heterocycles. The van der Waals surface area contributed by atoms with Crippen LogP contribution in [0.15, 0.2) is 18.2 Å². The Kier molecular flexibility index (Phi) is 7.72. The van der Waals surface area contributed by atoms with E-state index in [0.717, 1.165) is 24.9 Å². The number of carbonyl (C=O) groups excluding carboxylic acids is 1. The number of aliphatic hydroxyl groups is 1. The standard InChI is InChI=1S/C20H32N2O4/c1-20(2,14-23)21-12-15-9-10-17(18(11-15)25-3)26-13-19(24)22-16-7-5-4-6-8-16/h9-11,16,21,23H,4-8,12-14H2,1-3H3,(H,22,24)/p+1. The molecule has 146 valence electrons. The van der Waals surface area contributed by atoms with Gasteiger partial charge in [-0.25, -0.2) is 0 Å². The summed E-state index contributed by atoms with van der Waals surface area (Å²) in [5, 5.41) is 14.5. The molecule has 1 saturated carbocycles. The summed E-state index contributed by atoms with van der Waals surface area (Å²) in [4.78, 5) is 12.1. The third-order valence-corrected chi connectivity index (χ3v) is 4.85.